The molecular formula is C16H24N2O4. The lowest BCUT2D eigenvalue weighted by Crippen LogP contribution is -2.44. The smallest absolute Gasteiger partial charge is 0.320 e. The van der Waals surface area contributed by atoms with Gasteiger partial charge in [0.15, 0.2) is 0 Å². The van der Waals surface area contributed by atoms with Crippen molar-refractivity contribution >= 4 is 11.9 Å². The van der Waals surface area contributed by atoms with Crippen molar-refractivity contribution in [2.75, 3.05) is 6.54 Å². The SMILES string of the molecule is CC(C)C[C@H](NCC(Cc1ccccc1)C(=O)NO)C(=O)O. The van der Waals surface area contributed by atoms with Crippen molar-refractivity contribution in [3.05, 3.63) is 35.9 Å². The summed E-state index contributed by atoms with van der Waals surface area (Å²) in [4.78, 5) is 23.0. The van der Waals surface area contributed by atoms with E-state index in [0.29, 0.717) is 12.8 Å². The number of hydrogen-bond acceptors (Lipinski definition) is 4. The van der Waals surface area contributed by atoms with Gasteiger partial charge in [0.25, 0.3) is 0 Å². The Morgan fingerprint density at radius 2 is 1.82 bits per heavy atom. The molecule has 0 aromatic heterocycles. The fourth-order valence-electron chi connectivity index (χ4n) is 2.27. The zero-order valence-corrected chi connectivity index (χ0v) is 13.0. The fourth-order valence-corrected chi connectivity index (χ4v) is 2.27. The standard InChI is InChI=1S/C16H24N2O4/c1-11(2)8-14(16(20)21)17-10-13(15(19)18-22)9-12-6-4-3-5-7-12/h3-7,11,13-14,17,22H,8-10H2,1-2H3,(H,18,19)(H,20,21)/t13?,14-/m0/s1. The largest absolute Gasteiger partial charge is 0.480 e. The van der Waals surface area contributed by atoms with Gasteiger partial charge < -0.3 is 10.4 Å². The van der Waals surface area contributed by atoms with Crippen LogP contribution in [-0.4, -0.2) is 34.8 Å². The molecule has 6 nitrogen and oxygen atoms in total. The molecule has 122 valence electrons. The minimum atomic E-state index is -0.934. The second-order valence-electron chi connectivity index (χ2n) is 5.79. The van der Waals surface area contributed by atoms with Gasteiger partial charge in [-0.1, -0.05) is 44.2 Å². The third-order valence-electron chi connectivity index (χ3n) is 3.42. The molecule has 1 amide bonds. The molecule has 0 aliphatic rings. The highest BCUT2D eigenvalue weighted by molar-refractivity contribution is 5.78. The molecule has 6 heteroatoms. The molecule has 4 N–H and O–H groups in total. The molecule has 0 fully saturated rings. The van der Waals surface area contributed by atoms with E-state index in [4.69, 9.17) is 5.21 Å². The zero-order chi connectivity index (χ0) is 16.5. The summed E-state index contributed by atoms with van der Waals surface area (Å²) in [5, 5.41) is 21.0. The van der Waals surface area contributed by atoms with Crippen molar-refractivity contribution in [3.8, 4) is 0 Å². The Balaban J connectivity index is 2.68. The molecule has 0 bridgehead atoms. The minimum Gasteiger partial charge on any atom is -0.480 e. The van der Waals surface area contributed by atoms with Crippen LogP contribution < -0.4 is 10.8 Å². The molecule has 0 aliphatic carbocycles. The average Bonchev–Trinajstić information content (AvgIpc) is 2.49. The number of carboxylic acids is 1. The van der Waals surface area contributed by atoms with Gasteiger partial charge in [0.2, 0.25) is 5.91 Å². The van der Waals surface area contributed by atoms with Crippen LogP contribution in [0.5, 0.6) is 0 Å². The minimum absolute atomic E-state index is 0.185. The van der Waals surface area contributed by atoms with Gasteiger partial charge in [-0.05, 0) is 24.3 Å². The summed E-state index contributed by atoms with van der Waals surface area (Å²) in [6.07, 6.45) is 0.905. The van der Waals surface area contributed by atoms with E-state index < -0.39 is 23.8 Å². The number of nitrogens with one attached hydrogen (secondary N) is 2. The Kier molecular flexibility index (Phi) is 7.56. The van der Waals surface area contributed by atoms with Crippen molar-refractivity contribution in [3.63, 3.8) is 0 Å². The number of carbonyl (C=O) groups is 2. The highest BCUT2D eigenvalue weighted by Gasteiger charge is 2.23. The average molecular weight is 308 g/mol. The fraction of sp³-hybridized carbons (Fsp3) is 0.500. The lowest BCUT2D eigenvalue weighted by molar-refractivity contribution is -0.140. The summed E-state index contributed by atoms with van der Waals surface area (Å²) in [6, 6.07) is 8.70. The number of hydrogen-bond donors (Lipinski definition) is 4. The number of amides is 1. The molecule has 2 atom stereocenters. The quantitative estimate of drug-likeness (QED) is 0.409. The first kappa shape index (κ1) is 18.1. The number of carbonyl (C=O) groups excluding carboxylic acids is 1. The van der Waals surface area contributed by atoms with Crippen molar-refractivity contribution in [2.24, 2.45) is 11.8 Å². The molecule has 0 spiro atoms. The summed E-state index contributed by atoms with van der Waals surface area (Å²) >= 11 is 0. The molecule has 0 saturated carbocycles. The Morgan fingerprint density at radius 3 is 2.32 bits per heavy atom. The van der Waals surface area contributed by atoms with Crippen LogP contribution in [0.25, 0.3) is 0 Å². The lowest BCUT2D eigenvalue weighted by atomic mass is 9.97. The van der Waals surface area contributed by atoms with E-state index in [-0.39, 0.29) is 12.5 Å². The van der Waals surface area contributed by atoms with E-state index >= 15 is 0 Å². The molecule has 0 heterocycles. The summed E-state index contributed by atoms with van der Waals surface area (Å²) in [7, 11) is 0. The van der Waals surface area contributed by atoms with Gasteiger partial charge in [-0.15, -0.1) is 0 Å². The number of benzene rings is 1. The Morgan fingerprint density at radius 1 is 1.18 bits per heavy atom. The highest BCUT2D eigenvalue weighted by atomic mass is 16.5. The zero-order valence-electron chi connectivity index (χ0n) is 13.0. The van der Waals surface area contributed by atoms with Crippen LogP contribution in [0.2, 0.25) is 0 Å². The van der Waals surface area contributed by atoms with Gasteiger partial charge in [0, 0.05) is 6.54 Å². The van der Waals surface area contributed by atoms with E-state index in [1.54, 1.807) is 5.48 Å². The second kappa shape index (κ2) is 9.17. The van der Waals surface area contributed by atoms with E-state index in [0.717, 1.165) is 5.56 Å². The first-order valence-electron chi connectivity index (χ1n) is 7.38. The highest BCUT2D eigenvalue weighted by Crippen LogP contribution is 2.10. The second-order valence-corrected chi connectivity index (χ2v) is 5.79. The maximum absolute atomic E-state index is 11.8. The van der Waals surface area contributed by atoms with Crippen LogP contribution in [0.1, 0.15) is 25.8 Å². The van der Waals surface area contributed by atoms with Gasteiger partial charge in [-0.25, -0.2) is 5.48 Å². The van der Waals surface area contributed by atoms with Crippen LogP contribution in [0.3, 0.4) is 0 Å². The number of carboxylic acid groups (broad SMARTS) is 1. The molecule has 1 aromatic rings. The molecule has 1 rings (SSSR count). The van der Waals surface area contributed by atoms with Crippen LogP contribution in [0, 0.1) is 11.8 Å². The van der Waals surface area contributed by atoms with Crippen molar-refractivity contribution < 1.29 is 19.9 Å². The summed E-state index contributed by atoms with van der Waals surface area (Å²) in [5.74, 6) is -1.77. The first-order chi connectivity index (χ1) is 10.4. The van der Waals surface area contributed by atoms with Crippen LogP contribution in [0.15, 0.2) is 30.3 Å². The van der Waals surface area contributed by atoms with Gasteiger partial charge >= 0.3 is 5.97 Å². The molecule has 1 unspecified atom stereocenters. The number of aliphatic carboxylic acids is 1. The third-order valence-corrected chi connectivity index (χ3v) is 3.42. The monoisotopic (exact) mass is 308 g/mol. The topological polar surface area (TPSA) is 98.7 Å². The Labute approximate surface area is 130 Å². The summed E-state index contributed by atoms with van der Waals surface area (Å²) in [6.45, 7) is 4.07. The van der Waals surface area contributed by atoms with Crippen molar-refractivity contribution in [1.29, 1.82) is 0 Å². The molecule has 0 radical (unpaired) electrons. The predicted octanol–water partition coefficient (Wildman–Crippen LogP) is 1.44. The van der Waals surface area contributed by atoms with Crippen molar-refractivity contribution in [1.82, 2.24) is 10.8 Å². The summed E-state index contributed by atoms with van der Waals surface area (Å²) in [5.41, 5.74) is 2.61. The third kappa shape index (κ3) is 6.24. The van der Waals surface area contributed by atoms with Crippen LogP contribution >= 0.6 is 0 Å². The van der Waals surface area contributed by atoms with E-state index in [9.17, 15) is 14.7 Å². The Bertz CT molecular complexity index is 476. The summed E-state index contributed by atoms with van der Waals surface area (Å²) < 4.78 is 0. The van der Waals surface area contributed by atoms with E-state index in [1.807, 2.05) is 44.2 Å². The molecule has 0 saturated heterocycles. The maximum atomic E-state index is 11.8. The van der Waals surface area contributed by atoms with Gasteiger partial charge in [-0.2, -0.15) is 0 Å². The lowest BCUT2D eigenvalue weighted by Gasteiger charge is -2.20. The number of rotatable bonds is 9. The molecule has 22 heavy (non-hydrogen) atoms. The van der Waals surface area contributed by atoms with Gasteiger partial charge in [0.05, 0.1) is 5.92 Å². The molecule has 0 aliphatic heterocycles. The van der Waals surface area contributed by atoms with Gasteiger partial charge in [-0.3, -0.25) is 14.8 Å². The van der Waals surface area contributed by atoms with Crippen LogP contribution in [0.4, 0.5) is 0 Å². The van der Waals surface area contributed by atoms with Crippen molar-refractivity contribution in [2.45, 2.75) is 32.7 Å². The molecule has 1 aromatic carbocycles. The van der Waals surface area contributed by atoms with E-state index in [1.165, 1.54) is 0 Å². The van der Waals surface area contributed by atoms with Gasteiger partial charge in [0.1, 0.15) is 6.04 Å². The first-order valence-corrected chi connectivity index (χ1v) is 7.38. The van der Waals surface area contributed by atoms with Crippen LogP contribution in [-0.2, 0) is 16.0 Å². The molecular weight excluding hydrogens is 284 g/mol. The Hall–Kier alpha value is -1.92. The maximum Gasteiger partial charge on any atom is 0.320 e. The number of hydroxylamine groups is 1. The van der Waals surface area contributed by atoms with E-state index in [2.05, 4.69) is 5.32 Å². The predicted molar refractivity (Wildman–Crippen MR) is 82.4 cm³/mol. The normalized spacial score (nSPS) is 13.6.